The lowest BCUT2D eigenvalue weighted by Crippen LogP contribution is -2.17. The van der Waals surface area contributed by atoms with Crippen molar-refractivity contribution in [1.82, 2.24) is 15.0 Å². The van der Waals surface area contributed by atoms with Gasteiger partial charge in [0.05, 0.1) is 23.6 Å². The number of hydrogen-bond acceptors (Lipinski definition) is 5. The molecule has 31 heavy (non-hydrogen) atoms. The minimum Gasteiger partial charge on any atom is -0.345 e. The molecule has 8 nitrogen and oxygen atoms in total. The van der Waals surface area contributed by atoms with Crippen molar-refractivity contribution >= 4 is 38.2 Å². The van der Waals surface area contributed by atoms with E-state index in [0.717, 1.165) is 0 Å². The predicted molar refractivity (Wildman–Crippen MR) is 113 cm³/mol. The van der Waals surface area contributed by atoms with Gasteiger partial charge in [-0.1, -0.05) is 12.1 Å². The van der Waals surface area contributed by atoms with Gasteiger partial charge in [0, 0.05) is 35.7 Å². The quantitative estimate of drug-likeness (QED) is 0.353. The van der Waals surface area contributed by atoms with Crippen molar-refractivity contribution in [3.63, 3.8) is 0 Å². The molecule has 0 aliphatic heterocycles. The van der Waals surface area contributed by atoms with Gasteiger partial charge in [-0.25, -0.2) is 17.7 Å². The molecule has 0 radical (unpaired) electrons. The van der Waals surface area contributed by atoms with Crippen LogP contribution in [0.25, 0.3) is 15.9 Å². The summed E-state index contributed by atoms with van der Waals surface area (Å²) in [5.74, 6) is -2.06. The van der Waals surface area contributed by atoms with E-state index in [1.54, 1.807) is 12.1 Å². The lowest BCUT2D eigenvalue weighted by Gasteiger charge is -2.11. The van der Waals surface area contributed by atoms with Crippen LogP contribution in [-0.4, -0.2) is 29.2 Å². The highest BCUT2D eigenvalue weighted by Crippen LogP contribution is 2.27. The Morgan fingerprint density at radius 1 is 1.19 bits per heavy atom. The van der Waals surface area contributed by atoms with Gasteiger partial charge in [0.2, 0.25) is 15.7 Å². The molecule has 0 aliphatic rings. The number of fused-ring (bicyclic) bond motifs is 1. The SMILES string of the molecule is [C-]#[N+]c1cnc2[nH]cc(C(=O)c3cccc(NS(=O)(=O)Cc4cccnc4)c3F)c2c1. The number of sulfonamides is 1. The molecule has 0 bridgehead atoms. The molecule has 4 aromatic rings. The molecule has 10 heteroatoms. The van der Waals surface area contributed by atoms with Crippen molar-refractivity contribution in [3.05, 3.63) is 95.1 Å². The summed E-state index contributed by atoms with van der Waals surface area (Å²) in [5.41, 5.74) is 0.528. The second-order valence-electron chi connectivity index (χ2n) is 6.62. The second kappa shape index (κ2) is 7.97. The zero-order valence-corrected chi connectivity index (χ0v) is 16.6. The van der Waals surface area contributed by atoms with Gasteiger partial charge in [-0.2, -0.15) is 0 Å². The van der Waals surface area contributed by atoms with E-state index >= 15 is 4.39 Å². The number of carbonyl (C=O) groups is 1. The number of aromatic amines is 1. The third-order valence-electron chi connectivity index (χ3n) is 4.48. The zero-order valence-electron chi connectivity index (χ0n) is 15.8. The molecule has 1 aromatic carbocycles. The maximum atomic E-state index is 15.1. The minimum atomic E-state index is -3.94. The normalized spacial score (nSPS) is 11.2. The van der Waals surface area contributed by atoms with Gasteiger partial charge in [0.15, 0.2) is 11.6 Å². The number of benzene rings is 1. The Labute approximate surface area is 176 Å². The number of nitrogens with zero attached hydrogens (tertiary/aromatic N) is 3. The summed E-state index contributed by atoms with van der Waals surface area (Å²) in [6.07, 6.45) is 5.66. The first kappa shape index (κ1) is 20.2. The summed E-state index contributed by atoms with van der Waals surface area (Å²) in [6.45, 7) is 7.10. The van der Waals surface area contributed by atoms with Crippen molar-refractivity contribution in [2.75, 3.05) is 4.72 Å². The van der Waals surface area contributed by atoms with E-state index in [4.69, 9.17) is 6.57 Å². The van der Waals surface area contributed by atoms with E-state index in [1.165, 1.54) is 49.1 Å². The number of halogens is 1. The topological polar surface area (TPSA) is 109 Å². The van der Waals surface area contributed by atoms with Gasteiger partial charge < -0.3 is 4.98 Å². The number of nitrogens with one attached hydrogen (secondary N) is 2. The van der Waals surface area contributed by atoms with Crippen LogP contribution in [0.2, 0.25) is 0 Å². The molecule has 0 fully saturated rings. The van der Waals surface area contributed by atoms with Gasteiger partial charge in [0.25, 0.3) is 0 Å². The molecule has 2 N–H and O–H groups in total. The van der Waals surface area contributed by atoms with Crippen LogP contribution >= 0.6 is 0 Å². The maximum absolute atomic E-state index is 15.1. The Balaban J connectivity index is 1.66. The fourth-order valence-electron chi connectivity index (χ4n) is 3.08. The Morgan fingerprint density at radius 3 is 2.77 bits per heavy atom. The van der Waals surface area contributed by atoms with E-state index in [0.29, 0.717) is 16.6 Å². The monoisotopic (exact) mass is 435 g/mol. The van der Waals surface area contributed by atoms with E-state index in [9.17, 15) is 13.2 Å². The maximum Gasteiger partial charge on any atom is 0.237 e. The zero-order chi connectivity index (χ0) is 22.0. The Bertz CT molecular complexity index is 1440. The fraction of sp³-hybridized carbons (Fsp3) is 0.0476. The van der Waals surface area contributed by atoms with Crippen LogP contribution in [0.5, 0.6) is 0 Å². The molecule has 0 saturated carbocycles. The summed E-state index contributed by atoms with van der Waals surface area (Å²) >= 11 is 0. The summed E-state index contributed by atoms with van der Waals surface area (Å²) in [6, 6.07) is 8.56. The Hall–Kier alpha value is -4.10. The number of hydrogen-bond donors (Lipinski definition) is 2. The molecule has 0 atom stereocenters. The summed E-state index contributed by atoms with van der Waals surface area (Å²) in [5, 5.41) is 0.375. The van der Waals surface area contributed by atoms with E-state index in [-0.39, 0.29) is 22.5 Å². The first-order valence-electron chi connectivity index (χ1n) is 8.95. The minimum absolute atomic E-state index is 0.127. The molecule has 154 valence electrons. The number of H-pyrrole nitrogens is 1. The lowest BCUT2D eigenvalue weighted by molar-refractivity contribution is 0.103. The van der Waals surface area contributed by atoms with Crippen LogP contribution in [0.15, 0.2) is 61.2 Å². The summed E-state index contributed by atoms with van der Waals surface area (Å²) in [4.78, 5) is 27.0. The molecule has 3 aromatic heterocycles. The molecule has 0 unspecified atom stereocenters. The number of carbonyl (C=O) groups excluding carboxylic acids is 1. The lowest BCUT2D eigenvalue weighted by atomic mass is 10.0. The Morgan fingerprint density at radius 2 is 2.03 bits per heavy atom. The highest BCUT2D eigenvalue weighted by molar-refractivity contribution is 7.91. The third-order valence-corrected chi connectivity index (χ3v) is 5.72. The first-order chi connectivity index (χ1) is 14.9. The van der Waals surface area contributed by atoms with Crippen molar-refractivity contribution in [2.45, 2.75) is 5.75 Å². The smallest absolute Gasteiger partial charge is 0.237 e. The van der Waals surface area contributed by atoms with Crippen LogP contribution in [0, 0.1) is 12.4 Å². The molecular weight excluding hydrogens is 421 g/mol. The van der Waals surface area contributed by atoms with E-state index < -0.39 is 27.4 Å². The van der Waals surface area contributed by atoms with Crippen LogP contribution in [0.1, 0.15) is 21.5 Å². The highest BCUT2D eigenvalue weighted by atomic mass is 32.2. The average Bonchev–Trinajstić information content (AvgIpc) is 3.18. The molecule has 4 rings (SSSR count). The number of ketones is 1. The summed E-state index contributed by atoms with van der Waals surface area (Å²) in [7, 11) is -3.94. The van der Waals surface area contributed by atoms with Crippen molar-refractivity contribution in [3.8, 4) is 0 Å². The van der Waals surface area contributed by atoms with Gasteiger partial charge >= 0.3 is 0 Å². The third kappa shape index (κ3) is 4.12. The standard InChI is InChI=1S/C21H14FN5O3S/c1-23-14-8-16-17(11-26-21(16)25-10-14)20(28)15-5-2-6-18(19(15)22)27-31(29,30)12-13-4-3-7-24-9-13/h2-11,27H,12H2,(H,25,26). The average molecular weight is 435 g/mol. The van der Waals surface area contributed by atoms with Gasteiger partial charge in [0.1, 0.15) is 5.65 Å². The molecular formula is C21H14FN5O3S. The van der Waals surface area contributed by atoms with E-state index in [1.807, 2.05) is 0 Å². The molecule has 3 heterocycles. The van der Waals surface area contributed by atoms with Crippen molar-refractivity contribution in [2.24, 2.45) is 0 Å². The Kier molecular flexibility index (Phi) is 5.19. The highest BCUT2D eigenvalue weighted by Gasteiger charge is 2.22. The van der Waals surface area contributed by atoms with Crippen LogP contribution < -0.4 is 4.72 Å². The fourth-order valence-corrected chi connectivity index (χ4v) is 4.25. The first-order valence-corrected chi connectivity index (χ1v) is 10.6. The summed E-state index contributed by atoms with van der Waals surface area (Å²) < 4.78 is 42.2. The van der Waals surface area contributed by atoms with Crippen molar-refractivity contribution in [1.29, 1.82) is 0 Å². The predicted octanol–water partition coefficient (Wildman–Crippen LogP) is 3.82. The molecule has 0 amide bonds. The number of pyridine rings is 2. The number of anilines is 1. The van der Waals surface area contributed by atoms with Crippen LogP contribution in [0.3, 0.4) is 0 Å². The molecule has 0 saturated heterocycles. The molecule has 0 spiro atoms. The van der Waals surface area contributed by atoms with Gasteiger partial charge in [-0.15, -0.1) is 0 Å². The van der Waals surface area contributed by atoms with Gasteiger partial charge in [-0.05, 0) is 29.8 Å². The van der Waals surface area contributed by atoms with Crippen LogP contribution in [-0.2, 0) is 15.8 Å². The second-order valence-corrected chi connectivity index (χ2v) is 8.34. The van der Waals surface area contributed by atoms with E-state index in [2.05, 4.69) is 24.5 Å². The van der Waals surface area contributed by atoms with Gasteiger partial charge in [-0.3, -0.25) is 19.5 Å². The number of rotatable bonds is 6. The van der Waals surface area contributed by atoms with Crippen molar-refractivity contribution < 1.29 is 17.6 Å². The molecule has 0 aliphatic carbocycles. The number of aromatic nitrogens is 3. The largest absolute Gasteiger partial charge is 0.345 e. The van der Waals surface area contributed by atoms with Crippen LogP contribution in [0.4, 0.5) is 15.8 Å².